The zero-order valence-electron chi connectivity index (χ0n) is 17.6. The van der Waals surface area contributed by atoms with E-state index in [0.717, 1.165) is 4.68 Å². The van der Waals surface area contributed by atoms with Crippen LogP contribution in [-0.4, -0.2) is 47.8 Å². The number of amides is 1. The zero-order valence-corrected chi connectivity index (χ0v) is 19.1. The molecule has 0 radical (unpaired) electrons. The number of benzene rings is 1. The average Bonchev–Trinajstić information content (AvgIpc) is 3.39. The molecule has 0 atom stereocenters. The van der Waals surface area contributed by atoms with Crippen molar-refractivity contribution in [2.45, 2.75) is 12.8 Å². The number of nitrogens with two attached hydrogens (primary N) is 1. The quantitative estimate of drug-likeness (QED) is 0.372. The Kier molecular flexibility index (Phi) is 6.60. The third-order valence-corrected chi connectivity index (χ3v) is 5.06. The highest BCUT2D eigenvalue weighted by molar-refractivity contribution is 6.37. The van der Waals surface area contributed by atoms with Gasteiger partial charge in [-0.25, -0.2) is 9.67 Å². The summed E-state index contributed by atoms with van der Waals surface area (Å²) in [4.78, 5) is 15.4. The van der Waals surface area contributed by atoms with E-state index in [1.54, 1.807) is 18.2 Å². The first-order valence-electron chi connectivity index (χ1n) is 9.55. The SMILES string of the molecule is COCc1nc(C(F)(F)F)nn1-c1ccc(Nc2cn(-c3c(Cl)cccc3Cl)nc2C(N)=O)nn1. The van der Waals surface area contributed by atoms with E-state index in [0.29, 0.717) is 5.69 Å². The van der Waals surface area contributed by atoms with Crippen LogP contribution in [0.1, 0.15) is 22.1 Å². The number of nitrogens with one attached hydrogen (secondary N) is 1. The number of aromatic nitrogens is 7. The van der Waals surface area contributed by atoms with E-state index in [1.165, 1.54) is 30.1 Å². The Labute approximate surface area is 204 Å². The first-order valence-corrected chi connectivity index (χ1v) is 10.3. The van der Waals surface area contributed by atoms with Gasteiger partial charge in [0, 0.05) is 7.11 Å². The van der Waals surface area contributed by atoms with Gasteiger partial charge in [0.2, 0.25) is 0 Å². The lowest BCUT2D eigenvalue weighted by molar-refractivity contribution is -0.144. The van der Waals surface area contributed by atoms with Crippen molar-refractivity contribution in [2.24, 2.45) is 5.73 Å². The first-order chi connectivity index (χ1) is 16.6. The van der Waals surface area contributed by atoms with Crippen molar-refractivity contribution in [3.63, 3.8) is 0 Å². The van der Waals surface area contributed by atoms with Crippen LogP contribution in [0.25, 0.3) is 11.5 Å². The molecule has 35 heavy (non-hydrogen) atoms. The average molecular weight is 528 g/mol. The van der Waals surface area contributed by atoms with Crippen LogP contribution in [0.5, 0.6) is 0 Å². The summed E-state index contributed by atoms with van der Waals surface area (Å²) in [6, 6.07) is 7.59. The highest BCUT2D eigenvalue weighted by Crippen LogP contribution is 2.30. The maximum Gasteiger partial charge on any atom is 0.453 e. The third-order valence-electron chi connectivity index (χ3n) is 4.45. The van der Waals surface area contributed by atoms with Crippen molar-refractivity contribution in [3.8, 4) is 11.5 Å². The summed E-state index contributed by atoms with van der Waals surface area (Å²) in [5.74, 6) is -2.22. The lowest BCUT2D eigenvalue weighted by atomic mass is 10.3. The molecule has 4 rings (SSSR count). The number of methoxy groups -OCH3 is 1. The molecule has 16 heteroatoms. The van der Waals surface area contributed by atoms with Gasteiger partial charge in [-0.3, -0.25) is 4.79 Å². The summed E-state index contributed by atoms with van der Waals surface area (Å²) >= 11 is 12.4. The fraction of sp³-hybridized carbons (Fsp3) is 0.158. The Balaban J connectivity index is 1.65. The zero-order chi connectivity index (χ0) is 25.3. The summed E-state index contributed by atoms with van der Waals surface area (Å²) in [5, 5.41) is 18.8. The second kappa shape index (κ2) is 9.48. The van der Waals surface area contributed by atoms with Gasteiger partial charge >= 0.3 is 6.18 Å². The Hall–Kier alpha value is -3.75. The molecule has 0 bridgehead atoms. The molecule has 0 aliphatic carbocycles. The summed E-state index contributed by atoms with van der Waals surface area (Å²) in [6.07, 6.45) is -3.33. The second-order valence-corrected chi connectivity index (χ2v) is 7.68. The highest BCUT2D eigenvalue weighted by Gasteiger charge is 2.37. The first kappa shape index (κ1) is 24.4. The molecule has 0 saturated carbocycles. The van der Waals surface area contributed by atoms with Crippen molar-refractivity contribution >= 4 is 40.6 Å². The van der Waals surface area contributed by atoms with Gasteiger partial charge in [0.25, 0.3) is 11.7 Å². The van der Waals surface area contributed by atoms with Gasteiger partial charge in [0.05, 0.1) is 21.9 Å². The number of anilines is 2. The maximum atomic E-state index is 13.0. The van der Waals surface area contributed by atoms with Gasteiger partial charge < -0.3 is 15.8 Å². The summed E-state index contributed by atoms with van der Waals surface area (Å²) < 4.78 is 46.1. The number of hydrogen-bond donors (Lipinski definition) is 2. The Morgan fingerprint density at radius 2 is 1.86 bits per heavy atom. The van der Waals surface area contributed by atoms with Crippen molar-refractivity contribution < 1.29 is 22.7 Å². The third kappa shape index (κ3) is 5.03. The molecule has 0 unspecified atom stereocenters. The molecule has 3 N–H and O–H groups in total. The van der Waals surface area contributed by atoms with Gasteiger partial charge in [-0.05, 0) is 24.3 Å². The minimum absolute atomic E-state index is 0.0423. The van der Waals surface area contributed by atoms with Crippen LogP contribution in [0, 0.1) is 0 Å². The van der Waals surface area contributed by atoms with Gasteiger partial charge in [0.15, 0.2) is 23.2 Å². The number of halogens is 5. The number of hydrogen-bond acceptors (Lipinski definition) is 8. The molecule has 0 aliphatic rings. The smallest absolute Gasteiger partial charge is 0.377 e. The molecule has 4 aromatic rings. The van der Waals surface area contributed by atoms with E-state index in [2.05, 4.69) is 30.7 Å². The van der Waals surface area contributed by atoms with Crippen LogP contribution in [0.15, 0.2) is 36.5 Å². The van der Waals surface area contributed by atoms with E-state index in [-0.39, 0.29) is 45.5 Å². The topological polar surface area (TPSA) is 139 Å². The number of para-hydroxylation sites is 1. The van der Waals surface area contributed by atoms with Gasteiger partial charge in [0.1, 0.15) is 12.3 Å². The number of alkyl halides is 3. The van der Waals surface area contributed by atoms with Gasteiger partial charge in [-0.1, -0.05) is 29.3 Å². The molecule has 0 fully saturated rings. The van der Waals surface area contributed by atoms with Crippen LogP contribution in [-0.2, 0) is 17.5 Å². The van der Waals surface area contributed by atoms with Crippen LogP contribution in [0.3, 0.4) is 0 Å². The Morgan fingerprint density at radius 1 is 1.14 bits per heavy atom. The standard InChI is InChI=1S/C19H14Cl2F3N9O2/c1-35-8-14-27-18(19(22,23)24)31-33(14)13-6-5-12(28-29-13)26-11-7-32(30-15(11)17(25)34)16-9(20)3-2-4-10(16)21/h2-7H,8H2,1H3,(H2,25,34)(H,26,28). The normalized spacial score (nSPS) is 11.6. The van der Waals surface area contributed by atoms with E-state index in [9.17, 15) is 18.0 Å². The monoisotopic (exact) mass is 527 g/mol. The van der Waals surface area contributed by atoms with E-state index < -0.39 is 17.9 Å². The van der Waals surface area contributed by atoms with Gasteiger partial charge in [-0.15, -0.1) is 15.3 Å². The van der Waals surface area contributed by atoms with Crippen molar-refractivity contribution in [3.05, 3.63) is 63.9 Å². The highest BCUT2D eigenvalue weighted by atomic mass is 35.5. The minimum Gasteiger partial charge on any atom is -0.377 e. The number of primary amides is 1. The number of carbonyl (C=O) groups is 1. The lowest BCUT2D eigenvalue weighted by Crippen LogP contribution is -2.14. The molecule has 11 nitrogen and oxygen atoms in total. The van der Waals surface area contributed by atoms with Crippen LogP contribution in [0.2, 0.25) is 10.0 Å². The molecular formula is C19H14Cl2F3N9O2. The fourth-order valence-electron chi connectivity index (χ4n) is 2.98. The van der Waals surface area contributed by atoms with Crippen LogP contribution >= 0.6 is 23.2 Å². The molecule has 1 aromatic carbocycles. The predicted octanol–water partition coefficient (Wildman–Crippen LogP) is 3.56. The minimum atomic E-state index is -4.75. The maximum absolute atomic E-state index is 13.0. The summed E-state index contributed by atoms with van der Waals surface area (Å²) in [6.45, 7) is -0.240. The number of rotatable bonds is 7. The molecule has 1 amide bonds. The van der Waals surface area contributed by atoms with Gasteiger partial charge in [-0.2, -0.15) is 23.0 Å². The molecular weight excluding hydrogens is 514 g/mol. The summed E-state index contributed by atoms with van der Waals surface area (Å²) in [7, 11) is 1.30. The van der Waals surface area contributed by atoms with E-state index in [1.807, 2.05) is 0 Å². The molecule has 0 aliphatic heterocycles. The van der Waals surface area contributed by atoms with E-state index >= 15 is 0 Å². The molecule has 0 spiro atoms. The van der Waals surface area contributed by atoms with Crippen molar-refractivity contribution in [1.82, 2.24) is 34.7 Å². The van der Waals surface area contributed by atoms with Crippen molar-refractivity contribution in [1.29, 1.82) is 0 Å². The van der Waals surface area contributed by atoms with Crippen molar-refractivity contribution in [2.75, 3.05) is 12.4 Å². The second-order valence-electron chi connectivity index (χ2n) is 6.87. The fourth-order valence-corrected chi connectivity index (χ4v) is 3.55. The summed E-state index contributed by atoms with van der Waals surface area (Å²) in [5.41, 5.74) is 5.79. The van der Waals surface area contributed by atoms with Crippen LogP contribution in [0.4, 0.5) is 24.7 Å². The molecule has 182 valence electrons. The Bertz CT molecular complexity index is 1370. The lowest BCUT2D eigenvalue weighted by Gasteiger charge is -2.07. The Morgan fingerprint density at radius 3 is 2.43 bits per heavy atom. The number of ether oxygens (including phenoxy) is 1. The van der Waals surface area contributed by atoms with Crippen LogP contribution < -0.4 is 11.1 Å². The largest absolute Gasteiger partial charge is 0.453 e. The predicted molar refractivity (Wildman–Crippen MR) is 118 cm³/mol. The molecule has 0 saturated heterocycles. The van der Waals surface area contributed by atoms with E-state index in [4.69, 9.17) is 33.7 Å². The number of carbonyl (C=O) groups excluding carboxylic acids is 1. The number of nitrogens with zero attached hydrogens (tertiary/aromatic N) is 7. The molecule has 3 heterocycles. The molecule has 3 aromatic heterocycles.